The van der Waals surface area contributed by atoms with Gasteiger partial charge in [0.1, 0.15) is 0 Å². The quantitative estimate of drug-likeness (QED) is 0.430. The summed E-state index contributed by atoms with van der Waals surface area (Å²) in [4.78, 5) is 11.3. The topological polar surface area (TPSA) is 57.5 Å². The van der Waals surface area contributed by atoms with Gasteiger partial charge in [-0.15, -0.1) is 0 Å². The number of aromatic hydroxyl groups is 2. The fourth-order valence-electron chi connectivity index (χ4n) is 2.80. The standard InChI is InChI=1S/C13H12O3/c1-6(14)9-5-10-7-2-3-8(4-7)11(10)13(16)12(9)15/h2-3,5,7-8,15-16H,4H2,1H3. The SMILES string of the molecule is CC(=O)c1cc2c(c(O)c1O)C1C=CC2C1. The van der Waals surface area contributed by atoms with Gasteiger partial charge in [-0.05, 0) is 25.0 Å². The average molecular weight is 216 g/mol. The van der Waals surface area contributed by atoms with Crippen LogP contribution < -0.4 is 0 Å². The molecule has 0 saturated carbocycles. The summed E-state index contributed by atoms with van der Waals surface area (Å²) in [6.07, 6.45) is 5.11. The second kappa shape index (κ2) is 2.88. The largest absolute Gasteiger partial charge is 0.504 e. The molecule has 0 aliphatic heterocycles. The lowest BCUT2D eigenvalue weighted by atomic mass is 9.92. The van der Waals surface area contributed by atoms with Crippen molar-refractivity contribution >= 4 is 5.78 Å². The van der Waals surface area contributed by atoms with E-state index in [9.17, 15) is 15.0 Å². The number of ketones is 1. The Hall–Kier alpha value is -1.77. The smallest absolute Gasteiger partial charge is 0.168 e. The average Bonchev–Trinajstić information content (AvgIpc) is 2.82. The maximum absolute atomic E-state index is 11.3. The molecule has 82 valence electrons. The number of carbonyl (C=O) groups is 1. The van der Waals surface area contributed by atoms with E-state index >= 15 is 0 Å². The highest BCUT2D eigenvalue weighted by Gasteiger charge is 2.37. The van der Waals surface area contributed by atoms with Crippen molar-refractivity contribution in [1.82, 2.24) is 0 Å². The number of hydrogen-bond acceptors (Lipinski definition) is 3. The first-order valence-corrected chi connectivity index (χ1v) is 5.37. The zero-order valence-corrected chi connectivity index (χ0v) is 8.90. The van der Waals surface area contributed by atoms with E-state index in [1.807, 2.05) is 0 Å². The Balaban J connectivity index is 2.29. The minimum Gasteiger partial charge on any atom is -0.504 e. The Kier molecular flexibility index (Phi) is 1.70. The van der Waals surface area contributed by atoms with E-state index in [1.165, 1.54) is 6.92 Å². The molecule has 2 unspecified atom stereocenters. The van der Waals surface area contributed by atoms with Gasteiger partial charge in [0.2, 0.25) is 0 Å². The van der Waals surface area contributed by atoms with Crippen molar-refractivity contribution in [2.24, 2.45) is 0 Å². The molecule has 0 amide bonds. The van der Waals surface area contributed by atoms with Crippen molar-refractivity contribution in [1.29, 1.82) is 0 Å². The lowest BCUT2D eigenvalue weighted by Crippen LogP contribution is -2.00. The zero-order chi connectivity index (χ0) is 11.4. The fraction of sp³-hybridized carbons (Fsp3) is 0.308. The predicted octanol–water partition coefficient (Wildman–Crippen LogP) is 2.44. The summed E-state index contributed by atoms with van der Waals surface area (Å²) in [7, 11) is 0. The summed E-state index contributed by atoms with van der Waals surface area (Å²) in [5, 5.41) is 19.7. The molecular formula is C13H12O3. The van der Waals surface area contributed by atoms with Crippen molar-refractivity contribution in [3.8, 4) is 11.5 Å². The third-order valence-electron chi connectivity index (χ3n) is 3.58. The van der Waals surface area contributed by atoms with Crippen LogP contribution in [0.25, 0.3) is 0 Å². The number of phenols is 2. The van der Waals surface area contributed by atoms with E-state index in [2.05, 4.69) is 12.2 Å². The molecule has 0 aromatic heterocycles. The highest BCUT2D eigenvalue weighted by molar-refractivity contribution is 5.98. The molecule has 0 fully saturated rings. The second-order valence-electron chi connectivity index (χ2n) is 4.51. The molecule has 0 heterocycles. The van der Waals surface area contributed by atoms with Crippen LogP contribution in [0.15, 0.2) is 18.2 Å². The highest BCUT2D eigenvalue weighted by atomic mass is 16.3. The van der Waals surface area contributed by atoms with Crippen molar-refractivity contribution in [3.63, 3.8) is 0 Å². The van der Waals surface area contributed by atoms with Crippen LogP contribution in [0, 0.1) is 0 Å². The van der Waals surface area contributed by atoms with Crippen molar-refractivity contribution in [3.05, 3.63) is 34.9 Å². The van der Waals surface area contributed by atoms with Crippen molar-refractivity contribution < 1.29 is 15.0 Å². The summed E-state index contributed by atoms with van der Waals surface area (Å²) in [5.41, 5.74) is 2.01. The van der Waals surface area contributed by atoms with Gasteiger partial charge in [-0.1, -0.05) is 12.2 Å². The van der Waals surface area contributed by atoms with Gasteiger partial charge in [0.05, 0.1) is 5.56 Å². The van der Waals surface area contributed by atoms with Gasteiger partial charge in [-0.2, -0.15) is 0 Å². The third-order valence-corrected chi connectivity index (χ3v) is 3.58. The number of Topliss-reactive ketones (excluding diaryl/α,β-unsaturated/α-hetero) is 1. The molecule has 1 aromatic rings. The van der Waals surface area contributed by atoms with Crippen LogP contribution >= 0.6 is 0 Å². The molecule has 3 rings (SSSR count). The lowest BCUT2D eigenvalue weighted by Gasteiger charge is -2.15. The second-order valence-corrected chi connectivity index (χ2v) is 4.51. The first kappa shape index (κ1) is 9.46. The maximum atomic E-state index is 11.3. The van der Waals surface area contributed by atoms with Crippen LogP contribution in [-0.2, 0) is 0 Å². The van der Waals surface area contributed by atoms with E-state index in [0.717, 1.165) is 17.5 Å². The molecule has 0 radical (unpaired) electrons. The Morgan fingerprint density at radius 3 is 2.62 bits per heavy atom. The van der Waals surface area contributed by atoms with Gasteiger partial charge in [-0.3, -0.25) is 4.79 Å². The lowest BCUT2D eigenvalue weighted by molar-refractivity contribution is 0.101. The van der Waals surface area contributed by atoms with Crippen molar-refractivity contribution in [2.75, 3.05) is 0 Å². The molecule has 2 bridgehead atoms. The number of benzene rings is 1. The minimum atomic E-state index is -0.271. The molecule has 3 heteroatoms. The minimum absolute atomic E-state index is 0.112. The van der Waals surface area contributed by atoms with Crippen LogP contribution in [0.2, 0.25) is 0 Å². The van der Waals surface area contributed by atoms with Gasteiger partial charge in [-0.25, -0.2) is 0 Å². The van der Waals surface area contributed by atoms with Crippen molar-refractivity contribution in [2.45, 2.75) is 25.2 Å². The monoisotopic (exact) mass is 216 g/mol. The maximum Gasteiger partial charge on any atom is 0.168 e. The summed E-state index contributed by atoms with van der Waals surface area (Å²) >= 11 is 0. The summed E-state index contributed by atoms with van der Waals surface area (Å²) in [6.45, 7) is 1.39. The molecule has 3 nitrogen and oxygen atoms in total. The first-order chi connectivity index (χ1) is 7.59. The predicted molar refractivity (Wildman–Crippen MR) is 59.0 cm³/mol. The van der Waals surface area contributed by atoms with E-state index in [4.69, 9.17) is 0 Å². The van der Waals surface area contributed by atoms with E-state index in [-0.39, 0.29) is 28.8 Å². The zero-order valence-electron chi connectivity index (χ0n) is 8.90. The van der Waals surface area contributed by atoms with E-state index in [0.29, 0.717) is 5.92 Å². The molecule has 0 saturated heterocycles. The van der Waals surface area contributed by atoms with Gasteiger partial charge >= 0.3 is 0 Å². The number of allylic oxidation sites excluding steroid dienone is 2. The fourth-order valence-corrected chi connectivity index (χ4v) is 2.80. The van der Waals surface area contributed by atoms with Gasteiger partial charge in [0.25, 0.3) is 0 Å². The number of fused-ring (bicyclic) bond motifs is 5. The van der Waals surface area contributed by atoms with Crippen LogP contribution in [-0.4, -0.2) is 16.0 Å². The Bertz CT molecular complexity index is 528. The Morgan fingerprint density at radius 2 is 1.94 bits per heavy atom. The molecule has 1 aromatic carbocycles. The van der Waals surface area contributed by atoms with E-state index < -0.39 is 0 Å². The van der Waals surface area contributed by atoms with Gasteiger partial charge in [0.15, 0.2) is 17.3 Å². The molecule has 2 aliphatic rings. The molecular weight excluding hydrogens is 204 g/mol. The first-order valence-electron chi connectivity index (χ1n) is 5.37. The molecule has 0 spiro atoms. The molecule has 2 N–H and O–H groups in total. The summed E-state index contributed by atoms with van der Waals surface area (Å²) in [6, 6.07) is 1.72. The highest BCUT2D eigenvalue weighted by Crippen LogP contribution is 2.54. The van der Waals surface area contributed by atoms with Crippen LogP contribution in [0.1, 0.15) is 46.7 Å². The number of rotatable bonds is 1. The molecule has 2 aliphatic carbocycles. The van der Waals surface area contributed by atoms with Crippen LogP contribution in [0.3, 0.4) is 0 Å². The van der Waals surface area contributed by atoms with Gasteiger partial charge in [0, 0.05) is 17.4 Å². The number of phenolic OH excluding ortho intramolecular Hbond substituents is 2. The molecule has 16 heavy (non-hydrogen) atoms. The third kappa shape index (κ3) is 1.00. The number of hydrogen-bond donors (Lipinski definition) is 2. The van der Waals surface area contributed by atoms with Gasteiger partial charge < -0.3 is 10.2 Å². The van der Waals surface area contributed by atoms with Crippen LogP contribution in [0.4, 0.5) is 0 Å². The van der Waals surface area contributed by atoms with Crippen LogP contribution in [0.5, 0.6) is 11.5 Å². The normalized spacial score (nSPS) is 24.8. The summed E-state index contributed by atoms with van der Waals surface area (Å²) < 4.78 is 0. The Morgan fingerprint density at radius 1 is 1.25 bits per heavy atom. The Labute approximate surface area is 93.0 Å². The van der Waals surface area contributed by atoms with E-state index in [1.54, 1.807) is 6.07 Å². The summed E-state index contributed by atoms with van der Waals surface area (Å²) in [5.74, 6) is -0.106. The number of carbonyl (C=O) groups excluding carboxylic acids is 1. The molecule has 2 atom stereocenters.